The van der Waals surface area contributed by atoms with Gasteiger partial charge in [-0.1, -0.05) is 12.1 Å². The summed E-state index contributed by atoms with van der Waals surface area (Å²) in [6.45, 7) is 1.48. The van der Waals surface area contributed by atoms with Gasteiger partial charge in [0.2, 0.25) is 0 Å². The Bertz CT molecular complexity index is 541. The number of carboxylic acids is 1. The molecule has 0 amide bonds. The summed E-state index contributed by atoms with van der Waals surface area (Å²) in [4.78, 5) is 26.0. The molecule has 4 nitrogen and oxygen atoms in total. The summed E-state index contributed by atoms with van der Waals surface area (Å²) in [5.74, 6) is -0.989. The van der Waals surface area contributed by atoms with E-state index in [4.69, 9.17) is 5.11 Å². The Hall–Kier alpha value is -1.49. The Morgan fingerprint density at radius 3 is 2.05 bits per heavy atom. The maximum Gasteiger partial charge on any atom is 1.00 e. The number of hydrogen-bond acceptors (Lipinski definition) is 3. The fourth-order valence-electron chi connectivity index (χ4n) is 1.56. The van der Waals surface area contributed by atoms with Crippen LogP contribution in [0.2, 0.25) is 0 Å². The molecule has 19 heavy (non-hydrogen) atoms. The van der Waals surface area contributed by atoms with E-state index in [2.05, 4.69) is 4.98 Å². The molecule has 0 aliphatic carbocycles. The van der Waals surface area contributed by atoms with Crippen LogP contribution in [0.3, 0.4) is 0 Å². The van der Waals surface area contributed by atoms with Crippen molar-refractivity contribution in [1.82, 2.24) is 4.98 Å². The molecule has 2 aromatic rings. The smallest absolute Gasteiger partial charge is 1.00 e. The van der Waals surface area contributed by atoms with Gasteiger partial charge >= 0.3 is 35.5 Å². The first kappa shape index (κ1) is 15.6. The van der Waals surface area contributed by atoms with Crippen LogP contribution in [0.25, 0.3) is 11.3 Å². The zero-order valence-corrected chi connectivity index (χ0v) is 12.8. The van der Waals surface area contributed by atoms with Crippen molar-refractivity contribution in [1.29, 1.82) is 0 Å². The first-order chi connectivity index (χ1) is 8.58. The van der Waals surface area contributed by atoms with Crippen molar-refractivity contribution in [3.63, 3.8) is 0 Å². The molecule has 0 aliphatic heterocycles. The minimum Gasteiger partial charge on any atom is -1.00 e. The van der Waals surface area contributed by atoms with Crippen LogP contribution in [0.4, 0.5) is 0 Å². The fraction of sp³-hybridized carbons (Fsp3) is 0.0714. The van der Waals surface area contributed by atoms with Gasteiger partial charge in [-0.25, -0.2) is 4.79 Å². The van der Waals surface area contributed by atoms with Crippen LogP contribution in [0.5, 0.6) is 0 Å². The topological polar surface area (TPSA) is 67.3 Å². The molecular formula is C14H12NNaO3. The number of carboxylic acid groups (broad SMARTS) is 1. The molecule has 0 spiro atoms. The van der Waals surface area contributed by atoms with Gasteiger partial charge in [0.05, 0.1) is 11.3 Å². The van der Waals surface area contributed by atoms with Gasteiger partial charge in [-0.05, 0) is 31.2 Å². The van der Waals surface area contributed by atoms with Crippen molar-refractivity contribution in [3.05, 3.63) is 53.7 Å². The number of pyridine rings is 1. The largest absolute Gasteiger partial charge is 1.00 e. The van der Waals surface area contributed by atoms with Crippen LogP contribution in [0.1, 0.15) is 29.1 Å². The second-order valence-corrected chi connectivity index (χ2v) is 3.87. The second-order valence-electron chi connectivity index (χ2n) is 3.87. The second kappa shape index (κ2) is 6.61. The van der Waals surface area contributed by atoms with E-state index in [1.165, 1.54) is 25.3 Å². The minimum atomic E-state index is -0.957. The molecular weight excluding hydrogens is 253 g/mol. The Morgan fingerprint density at radius 2 is 1.63 bits per heavy atom. The van der Waals surface area contributed by atoms with Crippen LogP contribution in [-0.4, -0.2) is 21.8 Å². The first-order valence-electron chi connectivity index (χ1n) is 5.38. The van der Waals surface area contributed by atoms with Crippen molar-refractivity contribution in [2.45, 2.75) is 6.92 Å². The van der Waals surface area contributed by atoms with Crippen molar-refractivity contribution in [2.75, 3.05) is 0 Å². The van der Waals surface area contributed by atoms with E-state index in [1.807, 2.05) is 0 Å². The van der Waals surface area contributed by atoms with Gasteiger partial charge in [0, 0.05) is 17.3 Å². The molecule has 1 aromatic heterocycles. The van der Waals surface area contributed by atoms with E-state index >= 15 is 0 Å². The number of aromatic nitrogens is 1. The van der Waals surface area contributed by atoms with Crippen LogP contribution in [0.15, 0.2) is 42.6 Å². The van der Waals surface area contributed by atoms with Crippen LogP contribution in [0, 0.1) is 0 Å². The van der Waals surface area contributed by atoms with Crippen LogP contribution in [-0.2, 0) is 0 Å². The molecule has 0 aliphatic rings. The summed E-state index contributed by atoms with van der Waals surface area (Å²) in [6, 6.07) is 9.89. The summed E-state index contributed by atoms with van der Waals surface area (Å²) >= 11 is 0. The average Bonchev–Trinajstić information content (AvgIpc) is 2.39. The fourth-order valence-corrected chi connectivity index (χ4v) is 1.56. The summed E-state index contributed by atoms with van der Waals surface area (Å²) in [5.41, 5.74) is 2.31. The van der Waals surface area contributed by atoms with Gasteiger partial charge in [0.1, 0.15) is 0 Å². The number of carbonyl (C=O) groups is 2. The monoisotopic (exact) mass is 265 g/mol. The molecule has 0 saturated heterocycles. The number of nitrogens with zero attached hydrogens (tertiary/aromatic N) is 1. The molecule has 0 saturated carbocycles. The minimum absolute atomic E-state index is 0. The van der Waals surface area contributed by atoms with E-state index in [0.717, 1.165) is 5.56 Å². The average molecular weight is 265 g/mol. The summed E-state index contributed by atoms with van der Waals surface area (Å²) in [5, 5.41) is 8.79. The number of Topliss-reactive ketones (excluding diaryl/α,β-unsaturated/α-hetero) is 1. The maximum atomic E-state index is 11.1. The van der Waals surface area contributed by atoms with Crippen molar-refractivity contribution in [3.8, 4) is 11.3 Å². The van der Waals surface area contributed by atoms with Crippen molar-refractivity contribution >= 4 is 11.8 Å². The van der Waals surface area contributed by atoms with E-state index in [0.29, 0.717) is 11.3 Å². The Morgan fingerprint density at radius 1 is 1.05 bits per heavy atom. The van der Waals surface area contributed by atoms with Gasteiger partial charge in [-0.15, -0.1) is 0 Å². The number of rotatable bonds is 3. The third-order valence-electron chi connectivity index (χ3n) is 2.60. The molecule has 92 valence electrons. The molecule has 1 heterocycles. The molecule has 0 unspecified atom stereocenters. The summed E-state index contributed by atoms with van der Waals surface area (Å²) in [7, 11) is 0. The number of hydrogen-bond donors (Lipinski definition) is 1. The predicted molar refractivity (Wildman–Crippen MR) is 67.7 cm³/mol. The number of aromatic carboxylic acids is 1. The van der Waals surface area contributed by atoms with Crippen LogP contribution < -0.4 is 29.6 Å². The van der Waals surface area contributed by atoms with Gasteiger partial charge in [-0.3, -0.25) is 9.78 Å². The van der Waals surface area contributed by atoms with E-state index in [-0.39, 0.29) is 42.3 Å². The summed E-state index contributed by atoms with van der Waals surface area (Å²) < 4.78 is 0. The predicted octanol–water partition coefficient (Wildman–Crippen LogP) is -0.234. The standard InChI is InChI=1S/C14H11NO3.Na.H/c1-9(16)12-6-7-13(15-8-12)10-2-4-11(5-3-10)14(17)18;;/h2-8H,1H3,(H,17,18);;/q;+1;-1. The molecule has 5 heteroatoms. The van der Waals surface area contributed by atoms with Gasteiger partial charge in [0.25, 0.3) is 0 Å². The Labute approximate surface area is 134 Å². The normalized spacial score (nSPS) is 9.53. The number of benzene rings is 1. The zero-order valence-electron chi connectivity index (χ0n) is 11.8. The van der Waals surface area contributed by atoms with Crippen molar-refractivity contribution < 1.29 is 45.7 Å². The quantitative estimate of drug-likeness (QED) is 0.614. The Kier molecular flexibility index (Phi) is 5.42. The van der Waals surface area contributed by atoms with Crippen molar-refractivity contribution in [2.24, 2.45) is 0 Å². The summed E-state index contributed by atoms with van der Waals surface area (Å²) in [6.07, 6.45) is 1.52. The molecule has 1 aromatic carbocycles. The van der Waals surface area contributed by atoms with Gasteiger partial charge in [-0.2, -0.15) is 0 Å². The number of carbonyl (C=O) groups excluding carboxylic acids is 1. The molecule has 0 atom stereocenters. The number of ketones is 1. The third kappa shape index (κ3) is 3.73. The van der Waals surface area contributed by atoms with E-state index in [1.54, 1.807) is 24.3 Å². The first-order valence-corrected chi connectivity index (χ1v) is 5.38. The SMILES string of the molecule is CC(=O)c1ccc(-c2ccc(C(=O)O)cc2)nc1.[H-].[Na+]. The zero-order chi connectivity index (χ0) is 13.1. The van der Waals surface area contributed by atoms with Crippen LogP contribution >= 0.6 is 0 Å². The van der Waals surface area contributed by atoms with Gasteiger partial charge < -0.3 is 6.53 Å². The molecule has 1 N–H and O–H groups in total. The van der Waals surface area contributed by atoms with E-state index < -0.39 is 5.97 Å². The molecule has 0 bridgehead atoms. The maximum absolute atomic E-state index is 11.1. The van der Waals surface area contributed by atoms with Gasteiger partial charge in [0.15, 0.2) is 5.78 Å². The third-order valence-corrected chi connectivity index (χ3v) is 2.60. The van der Waals surface area contributed by atoms with E-state index in [9.17, 15) is 9.59 Å². The molecule has 0 radical (unpaired) electrons. The Balaban J connectivity index is 0.00000180. The molecule has 0 fully saturated rings. The molecule has 2 rings (SSSR count).